The van der Waals surface area contributed by atoms with E-state index in [0.29, 0.717) is 48.3 Å². The van der Waals surface area contributed by atoms with Gasteiger partial charge in [0, 0.05) is 23.3 Å². The Morgan fingerprint density at radius 3 is 1.27 bits per heavy atom. The molecule has 0 saturated heterocycles. The Balaban J connectivity index is 0.000000164. The van der Waals surface area contributed by atoms with Gasteiger partial charge in [0.2, 0.25) is 0 Å². The fraction of sp³-hybridized carbons (Fsp3) is 0.500. The topological polar surface area (TPSA) is 9.23 Å². The predicted octanol–water partition coefficient (Wildman–Crippen LogP) is 23.0. The monoisotopic (exact) mass is 1150 g/mol. The van der Waals surface area contributed by atoms with Crippen LogP contribution in [0.2, 0.25) is 0 Å². The minimum atomic E-state index is -3.53. The van der Waals surface area contributed by atoms with Gasteiger partial charge in [0.1, 0.15) is 17.4 Å². The molecule has 1 nitrogen and oxygen atoms in total. The second-order valence-corrected chi connectivity index (χ2v) is 24.4. The van der Waals surface area contributed by atoms with Crippen LogP contribution in [0.15, 0.2) is 109 Å². The Morgan fingerprint density at radius 1 is 0.386 bits per heavy atom. The summed E-state index contributed by atoms with van der Waals surface area (Å²) in [5.41, 5.74) is 7.22. The molecule has 10 rings (SSSR count). The third kappa shape index (κ3) is 16.9. The number of hydrogen-bond acceptors (Lipinski definition) is 1. The van der Waals surface area contributed by atoms with Crippen molar-refractivity contribution in [3.05, 3.63) is 172 Å². The molecule has 0 bridgehead atoms. The zero-order valence-corrected chi connectivity index (χ0v) is 49.0. The van der Waals surface area contributed by atoms with Gasteiger partial charge in [0.25, 0.3) is 0 Å². The van der Waals surface area contributed by atoms with Crippen molar-refractivity contribution >= 4 is 0 Å². The van der Waals surface area contributed by atoms with Gasteiger partial charge in [-0.1, -0.05) is 158 Å². The lowest BCUT2D eigenvalue weighted by atomic mass is 9.68. The second kappa shape index (κ2) is 30.0. The molecule has 0 radical (unpaired) electrons. The van der Waals surface area contributed by atoms with Crippen molar-refractivity contribution in [3.63, 3.8) is 0 Å². The number of halogens is 10. The Labute approximate surface area is 487 Å². The minimum Gasteiger partial charge on any atom is -0.432 e. The van der Waals surface area contributed by atoms with E-state index < -0.39 is 58.5 Å². The summed E-state index contributed by atoms with van der Waals surface area (Å²) in [5.74, 6) is -6.40. The highest BCUT2D eigenvalue weighted by Crippen LogP contribution is 2.48. The van der Waals surface area contributed by atoms with Crippen LogP contribution in [0.3, 0.4) is 0 Å². The summed E-state index contributed by atoms with van der Waals surface area (Å²) in [5, 5.41) is 0. The SMILES string of the molecule is CCCC1CCC(C2CCC(C(F)(F)Oc3cc(F)c(F)c(F)c3)CC2)CC1.CCCC1CCC(C2CCC(c3ccc(-c4cc(F)c(F)c(F)c4)c(F)c3)CC2)CC1.CCCc1ccc(-c2ccc(-c3ccc(CC)cc3)cc2F)cc1. The summed E-state index contributed by atoms with van der Waals surface area (Å²) in [4.78, 5) is 0. The number of hydrogen-bond donors (Lipinski definition) is 0. The van der Waals surface area contributed by atoms with Crippen LogP contribution in [0.25, 0.3) is 33.4 Å². The zero-order chi connectivity index (χ0) is 59.2. The fourth-order valence-corrected chi connectivity index (χ4v) is 14.1. The largest absolute Gasteiger partial charge is 0.432 e. The van der Waals surface area contributed by atoms with E-state index in [1.807, 2.05) is 30.3 Å². The van der Waals surface area contributed by atoms with Crippen LogP contribution in [0, 0.1) is 88.0 Å². The smallest absolute Gasteiger partial charge is 0.400 e. The summed E-state index contributed by atoms with van der Waals surface area (Å²) in [6, 6.07) is 29.6. The third-order valence-electron chi connectivity index (χ3n) is 19.0. The molecule has 6 aromatic rings. The molecular weight excluding hydrogens is 1070 g/mol. The fourth-order valence-electron chi connectivity index (χ4n) is 14.1. The summed E-state index contributed by atoms with van der Waals surface area (Å²) in [6.07, 6.45) is 21.9. The second-order valence-electron chi connectivity index (χ2n) is 24.4. The lowest BCUT2D eigenvalue weighted by Crippen LogP contribution is -2.38. The van der Waals surface area contributed by atoms with Crippen molar-refractivity contribution in [2.24, 2.45) is 41.4 Å². The first-order valence-corrected chi connectivity index (χ1v) is 31.1. The lowest BCUT2D eigenvalue weighted by molar-refractivity contribution is -0.224. The molecule has 448 valence electrons. The molecule has 0 atom stereocenters. The normalized spacial score (nSPS) is 22.9. The Hall–Kier alpha value is -5.58. The van der Waals surface area contributed by atoms with E-state index in [9.17, 15) is 43.9 Å². The van der Waals surface area contributed by atoms with Crippen LogP contribution in [0.1, 0.15) is 185 Å². The van der Waals surface area contributed by atoms with Crippen molar-refractivity contribution in [1.82, 2.24) is 0 Å². The Bertz CT molecular complexity index is 2930. The van der Waals surface area contributed by atoms with Gasteiger partial charge >= 0.3 is 6.11 Å². The average molecular weight is 1160 g/mol. The number of rotatable bonds is 16. The molecule has 4 saturated carbocycles. The first kappa shape index (κ1) is 63.4. The molecule has 0 N–H and O–H groups in total. The molecule has 0 unspecified atom stereocenters. The molecule has 0 aromatic heterocycles. The molecule has 0 aliphatic heterocycles. The third-order valence-corrected chi connectivity index (χ3v) is 19.0. The molecule has 11 heteroatoms. The van der Waals surface area contributed by atoms with E-state index in [2.05, 4.69) is 68.8 Å². The van der Waals surface area contributed by atoms with E-state index in [1.165, 1.54) is 107 Å². The van der Waals surface area contributed by atoms with E-state index in [0.717, 1.165) is 103 Å². The van der Waals surface area contributed by atoms with Gasteiger partial charge in [-0.15, -0.1) is 0 Å². The minimum absolute atomic E-state index is 0.0165. The van der Waals surface area contributed by atoms with E-state index >= 15 is 0 Å². The van der Waals surface area contributed by atoms with Crippen molar-refractivity contribution in [2.45, 2.75) is 187 Å². The van der Waals surface area contributed by atoms with Gasteiger partial charge in [-0.25, -0.2) is 35.1 Å². The van der Waals surface area contributed by atoms with E-state index in [-0.39, 0.29) is 16.9 Å². The van der Waals surface area contributed by atoms with E-state index in [1.54, 1.807) is 12.1 Å². The maximum Gasteiger partial charge on any atom is 0.400 e. The molecule has 83 heavy (non-hydrogen) atoms. The molecule has 6 aromatic carbocycles. The van der Waals surface area contributed by atoms with Crippen LogP contribution in [0.5, 0.6) is 5.75 Å². The highest BCUT2D eigenvalue weighted by molar-refractivity contribution is 5.71. The molecule has 4 aliphatic rings. The van der Waals surface area contributed by atoms with Crippen LogP contribution in [0.4, 0.5) is 43.9 Å². The summed E-state index contributed by atoms with van der Waals surface area (Å²) < 4.78 is 143. The molecule has 0 amide bonds. The van der Waals surface area contributed by atoms with Gasteiger partial charge in [0.05, 0.1) is 5.92 Å². The maximum atomic E-state index is 14.8. The van der Waals surface area contributed by atoms with Gasteiger partial charge < -0.3 is 4.74 Å². The summed E-state index contributed by atoms with van der Waals surface area (Å²) in [6.45, 7) is 8.79. The molecule has 4 aliphatic carbocycles. The van der Waals surface area contributed by atoms with Crippen LogP contribution in [-0.2, 0) is 12.8 Å². The molecule has 0 spiro atoms. The average Bonchev–Trinajstić information content (AvgIpc) is 3.63. The number of alkyl halides is 2. The zero-order valence-electron chi connectivity index (χ0n) is 49.0. The van der Waals surface area contributed by atoms with Gasteiger partial charge in [-0.05, 0) is 195 Å². The van der Waals surface area contributed by atoms with Crippen molar-refractivity contribution in [1.29, 1.82) is 0 Å². The first-order chi connectivity index (χ1) is 40.0. The summed E-state index contributed by atoms with van der Waals surface area (Å²) >= 11 is 0. The van der Waals surface area contributed by atoms with Crippen molar-refractivity contribution < 1.29 is 48.6 Å². The first-order valence-electron chi connectivity index (χ1n) is 31.1. The van der Waals surface area contributed by atoms with Crippen LogP contribution in [-0.4, -0.2) is 6.11 Å². The van der Waals surface area contributed by atoms with Crippen molar-refractivity contribution in [2.75, 3.05) is 0 Å². The molecule has 0 heterocycles. The van der Waals surface area contributed by atoms with Crippen LogP contribution < -0.4 is 4.74 Å². The lowest BCUT2D eigenvalue weighted by Gasteiger charge is -2.39. The van der Waals surface area contributed by atoms with Gasteiger partial charge in [-0.2, -0.15) is 8.78 Å². The van der Waals surface area contributed by atoms with E-state index in [4.69, 9.17) is 0 Å². The van der Waals surface area contributed by atoms with Crippen LogP contribution >= 0.6 is 0 Å². The maximum absolute atomic E-state index is 14.8. The van der Waals surface area contributed by atoms with Gasteiger partial charge in [-0.3, -0.25) is 0 Å². The molecular formula is C72H84F10O. The quantitative estimate of drug-likeness (QED) is 0.0693. The highest BCUT2D eigenvalue weighted by Gasteiger charge is 2.45. The van der Waals surface area contributed by atoms with Gasteiger partial charge in [0.15, 0.2) is 34.9 Å². The number of aryl methyl sites for hydroxylation is 2. The van der Waals surface area contributed by atoms with Crippen molar-refractivity contribution in [3.8, 4) is 39.1 Å². The highest BCUT2D eigenvalue weighted by atomic mass is 19.3. The predicted molar refractivity (Wildman–Crippen MR) is 315 cm³/mol. The number of benzene rings is 6. The Morgan fingerprint density at radius 2 is 0.795 bits per heavy atom. The Kier molecular flexibility index (Phi) is 22.9. The standard InChI is InChI=1S/C27H32F4.C23H23F.C22H29F5O/c1-2-3-17-4-6-18(7-5-17)19-8-10-20(11-9-19)21-12-13-23(24(28)14-21)22-15-25(29)27(31)26(30)16-22;1-3-5-18-8-12-20(13-9-18)22-15-14-21(16-23(22)24)19-10-6-17(4-2)7-11-19;1-2-3-14-4-6-15(7-5-14)16-8-10-17(11-9-16)22(26,27)28-18-12-19(23)21(25)20(24)13-18/h12-20H,2-11H2,1H3;6-16H,3-5H2,1-2H3;12-17H,2-11H2,1H3. The number of ether oxygens (including phenoxy) is 1. The molecule has 4 fully saturated rings. The summed E-state index contributed by atoms with van der Waals surface area (Å²) in [7, 11) is 0.